The lowest BCUT2D eigenvalue weighted by molar-refractivity contribution is 0.141. The average Bonchev–Trinajstić information content (AvgIpc) is 3.39. The maximum atomic E-state index is 12.5. The number of methoxy groups -OCH3 is 1. The minimum atomic E-state index is -0.378. The second kappa shape index (κ2) is 10.2. The molecule has 4 heterocycles. The summed E-state index contributed by atoms with van der Waals surface area (Å²) < 4.78 is 17.6. The second-order valence-electron chi connectivity index (χ2n) is 7.48. The number of aromatic amines is 1. The Morgan fingerprint density at radius 1 is 1.19 bits per heavy atom. The van der Waals surface area contributed by atoms with Crippen molar-refractivity contribution in [1.29, 1.82) is 0 Å². The van der Waals surface area contributed by atoms with Gasteiger partial charge in [0, 0.05) is 19.9 Å². The van der Waals surface area contributed by atoms with Gasteiger partial charge in [-0.15, -0.1) is 0 Å². The zero-order chi connectivity index (χ0) is 22.5. The standard InChI is InChI=1S/C20H26ClN7O4/c1-30-8-9-32-19-25-16(22)15-17(26-19)28(20(29)24-15)12-13-10-14(21)18(23-11-13)31-7-6-27-4-2-3-5-27/h10-11H,2-9,12H2,1H3,(H,24,29)(H2,22,25,26). The van der Waals surface area contributed by atoms with E-state index < -0.39 is 0 Å². The fraction of sp³-hybridized carbons (Fsp3) is 0.500. The molecule has 3 N–H and O–H groups in total. The van der Waals surface area contributed by atoms with Gasteiger partial charge in [-0.05, 0) is 37.6 Å². The van der Waals surface area contributed by atoms with E-state index >= 15 is 0 Å². The molecular formula is C20H26ClN7O4. The molecule has 0 bridgehead atoms. The van der Waals surface area contributed by atoms with Gasteiger partial charge in [-0.3, -0.25) is 9.47 Å². The highest BCUT2D eigenvalue weighted by molar-refractivity contribution is 6.31. The number of imidazole rings is 1. The zero-order valence-electron chi connectivity index (χ0n) is 17.8. The Kier molecular flexibility index (Phi) is 7.08. The Morgan fingerprint density at radius 2 is 2.00 bits per heavy atom. The molecule has 0 atom stereocenters. The Labute approximate surface area is 189 Å². The number of fused-ring (bicyclic) bond motifs is 1. The summed E-state index contributed by atoms with van der Waals surface area (Å²) in [6.45, 7) is 4.41. The summed E-state index contributed by atoms with van der Waals surface area (Å²) in [6, 6.07) is 1.80. The molecule has 1 fully saturated rings. The molecule has 0 unspecified atom stereocenters. The van der Waals surface area contributed by atoms with Crippen molar-refractivity contribution in [2.75, 3.05) is 52.3 Å². The lowest BCUT2D eigenvalue weighted by Crippen LogP contribution is -2.25. The molecule has 0 saturated carbocycles. The number of halogens is 1. The highest BCUT2D eigenvalue weighted by atomic mass is 35.5. The molecule has 1 saturated heterocycles. The van der Waals surface area contributed by atoms with Gasteiger partial charge >= 0.3 is 11.7 Å². The summed E-state index contributed by atoms with van der Waals surface area (Å²) in [4.78, 5) is 30.3. The molecular weight excluding hydrogens is 438 g/mol. The first kappa shape index (κ1) is 22.3. The molecule has 0 spiro atoms. The van der Waals surface area contributed by atoms with Crippen LogP contribution in [-0.2, 0) is 11.3 Å². The number of aromatic nitrogens is 5. The Balaban J connectivity index is 1.49. The van der Waals surface area contributed by atoms with Crippen LogP contribution in [0.25, 0.3) is 11.2 Å². The third-order valence-electron chi connectivity index (χ3n) is 5.20. The van der Waals surface area contributed by atoms with Crippen molar-refractivity contribution in [2.24, 2.45) is 0 Å². The number of rotatable bonds is 10. The van der Waals surface area contributed by atoms with Crippen LogP contribution < -0.4 is 20.9 Å². The van der Waals surface area contributed by atoms with E-state index in [1.165, 1.54) is 17.4 Å². The number of nitrogens with two attached hydrogens (primary N) is 1. The van der Waals surface area contributed by atoms with E-state index in [2.05, 4.69) is 24.8 Å². The number of hydrogen-bond donors (Lipinski definition) is 2. The van der Waals surface area contributed by atoms with Gasteiger partial charge in [0.2, 0.25) is 5.88 Å². The number of pyridine rings is 1. The smallest absolute Gasteiger partial charge is 0.328 e. The van der Waals surface area contributed by atoms with E-state index in [4.69, 9.17) is 31.5 Å². The number of nitrogens with one attached hydrogen (secondary N) is 1. The number of nitrogens with zero attached hydrogens (tertiary/aromatic N) is 5. The van der Waals surface area contributed by atoms with Crippen molar-refractivity contribution in [3.05, 3.63) is 33.3 Å². The van der Waals surface area contributed by atoms with Crippen molar-refractivity contribution in [3.8, 4) is 11.9 Å². The topological polar surface area (TPSA) is 133 Å². The van der Waals surface area contributed by atoms with Gasteiger partial charge in [-0.25, -0.2) is 9.78 Å². The number of anilines is 1. The van der Waals surface area contributed by atoms with Crippen LogP contribution in [0.3, 0.4) is 0 Å². The van der Waals surface area contributed by atoms with Gasteiger partial charge in [-0.1, -0.05) is 11.6 Å². The minimum absolute atomic E-state index is 0.0673. The van der Waals surface area contributed by atoms with Gasteiger partial charge in [0.1, 0.15) is 23.8 Å². The lowest BCUT2D eigenvalue weighted by Gasteiger charge is -2.15. The molecule has 3 aromatic heterocycles. The highest BCUT2D eigenvalue weighted by Gasteiger charge is 2.16. The third kappa shape index (κ3) is 5.12. The fourth-order valence-electron chi connectivity index (χ4n) is 3.58. The maximum absolute atomic E-state index is 12.5. The number of likely N-dealkylation sites (tertiary alicyclic amines) is 1. The molecule has 11 nitrogen and oxygen atoms in total. The minimum Gasteiger partial charge on any atom is -0.475 e. The van der Waals surface area contributed by atoms with Crippen LogP contribution in [0.1, 0.15) is 18.4 Å². The van der Waals surface area contributed by atoms with E-state index in [0.29, 0.717) is 40.8 Å². The average molecular weight is 464 g/mol. The van der Waals surface area contributed by atoms with Gasteiger partial charge in [0.25, 0.3) is 0 Å². The monoisotopic (exact) mass is 463 g/mol. The largest absolute Gasteiger partial charge is 0.475 e. The summed E-state index contributed by atoms with van der Waals surface area (Å²) in [6.07, 6.45) is 4.10. The molecule has 12 heteroatoms. The molecule has 0 aromatic carbocycles. The number of ether oxygens (including phenoxy) is 3. The molecule has 0 amide bonds. The summed E-state index contributed by atoms with van der Waals surface area (Å²) in [7, 11) is 1.56. The summed E-state index contributed by atoms with van der Waals surface area (Å²) in [5.74, 6) is 0.498. The summed E-state index contributed by atoms with van der Waals surface area (Å²) in [5.41, 5.74) is 6.98. The predicted octanol–water partition coefficient (Wildman–Crippen LogP) is 1.30. The van der Waals surface area contributed by atoms with Crippen molar-refractivity contribution >= 4 is 28.6 Å². The SMILES string of the molecule is COCCOc1nc(N)c2[nH]c(=O)n(Cc3cnc(OCCN4CCCC4)c(Cl)c3)c2n1. The van der Waals surface area contributed by atoms with Crippen LogP contribution in [0.15, 0.2) is 17.1 Å². The van der Waals surface area contributed by atoms with Gasteiger partial charge in [-0.2, -0.15) is 9.97 Å². The quantitative estimate of drug-likeness (QED) is 0.426. The second-order valence-corrected chi connectivity index (χ2v) is 7.88. The molecule has 32 heavy (non-hydrogen) atoms. The third-order valence-corrected chi connectivity index (χ3v) is 5.47. The molecule has 0 radical (unpaired) electrons. The summed E-state index contributed by atoms with van der Waals surface area (Å²) in [5, 5.41) is 0.384. The highest BCUT2D eigenvalue weighted by Crippen LogP contribution is 2.24. The summed E-state index contributed by atoms with van der Waals surface area (Å²) >= 11 is 6.37. The van der Waals surface area contributed by atoms with Crippen LogP contribution in [-0.4, -0.2) is 76.0 Å². The van der Waals surface area contributed by atoms with Crippen LogP contribution in [0.5, 0.6) is 11.9 Å². The number of hydrogen-bond acceptors (Lipinski definition) is 9. The Hall–Kier alpha value is -2.89. The predicted molar refractivity (Wildman–Crippen MR) is 119 cm³/mol. The first-order valence-electron chi connectivity index (χ1n) is 10.4. The van der Waals surface area contributed by atoms with E-state index in [1.807, 2.05) is 0 Å². The molecule has 3 aromatic rings. The van der Waals surface area contributed by atoms with Crippen molar-refractivity contribution in [2.45, 2.75) is 19.4 Å². The van der Waals surface area contributed by atoms with E-state index in [0.717, 1.165) is 19.6 Å². The molecule has 1 aliphatic rings. The van der Waals surface area contributed by atoms with Crippen molar-refractivity contribution in [3.63, 3.8) is 0 Å². The first-order valence-corrected chi connectivity index (χ1v) is 10.8. The number of H-pyrrole nitrogens is 1. The van der Waals surface area contributed by atoms with Crippen LogP contribution in [0.2, 0.25) is 5.02 Å². The number of nitrogen functional groups attached to an aromatic ring is 1. The molecule has 172 valence electrons. The van der Waals surface area contributed by atoms with Gasteiger partial charge in [0.15, 0.2) is 11.5 Å². The Morgan fingerprint density at radius 3 is 2.75 bits per heavy atom. The zero-order valence-corrected chi connectivity index (χ0v) is 18.6. The van der Waals surface area contributed by atoms with Crippen molar-refractivity contribution < 1.29 is 14.2 Å². The van der Waals surface area contributed by atoms with Crippen LogP contribution in [0, 0.1) is 0 Å². The van der Waals surface area contributed by atoms with E-state index in [-0.39, 0.29) is 30.7 Å². The van der Waals surface area contributed by atoms with E-state index in [1.54, 1.807) is 19.4 Å². The molecule has 4 rings (SSSR count). The van der Waals surface area contributed by atoms with E-state index in [9.17, 15) is 4.79 Å². The van der Waals surface area contributed by atoms with Crippen LogP contribution in [0.4, 0.5) is 5.82 Å². The van der Waals surface area contributed by atoms with Crippen LogP contribution >= 0.6 is 11.6 Å². The molecule has 1 aliphatic heterocycles. The van der Waals surface area contributed by atoms with Gasteiger partial charge < -0.3 is 24.9 Å². The fourth-order valence-corrected chi connectivity index (χ4v) is 3.82. The lowest BCUT2D eigenvalue weighted by atomic mass is 10.3. The molecule has 0 aliphatic carbocycles. The van der Waals surface area contributed by atoms with Crippen molar-refractivity contribution in [1.82, 2.24) is 29.4 Å². The maximum Gasteiger partial charge on any atom is 0.328 e. The Bertz CT molecular complexity index is 1130. The normalized spacial score (nSPS) is 14.3. The van der Waals surface area contributed by atoms with Gasteiger partial charge in [0.05, 0.1) is 13.2 Å². The first-order chi connectivity index (χ1) is 15.5.